The first-order valence-corrected chi connectivity index (χ1v) is 4.03. The molecule has 66 valence electrons. The molecule has 0 saturated carbocycles. The van der Waals surface area contributed by atoms with E-state index in [0.717, 1.165) is 5.39 Å². The second-order valence-electron chi connectivity index (χ2n) is 2.69. The van der Waals surface area contributed by atoms with Crippen LogP contribution >= 0.6 is 11.6 Å². The fourth-order valence-corrected chi connectivity index (χ4v) is 1.31. The third kappa shape index (κ3) is 1.42. The van der Waals surface area contributed by atoms with Crippen LogP contribution in [0.5, 0.6) is 0 Å². The molecular weight excluding hydrogens is 193 g/mol. The summed E-state index contributed by atoms with van der Waals surface area (Å²) in [5.74, 6) is -0.345. The minimum Gasteiger partial charge on any atom is -0.351 e. The van der Waals surface area contributed by atoms with Gasteiger partial charge in [0.2, 0.25) is 0 Å². The second kappa shape index (κ2) is 2.85. The molecule has 0 radical (unpaired) electrons. The molecule has 0 saturated heterocycles. The highest BCUT2D eigenvalue weighted by molar-refractivity contribution is 6.67. The SMILES string of the molecule is O=C(Cl)c1cc2ccc(F)cc2[nH]1. The van der Waals surface area contributed by atoms with Gasteiger partial charge in [0.25, 0.3) is 5.24 Å². The number of halogens is 2. The topological polar surface area (TPSA) is 32.9 Å². The van der Waals surface area contributed by atoms with Crippen molar-refractivity contribution in [3.05, 3.63) is 35.8 Å². The number of aromatic nitrogens is 1. The molecule has 1 aromatic heterocycles. The van der Waals surface area contributed by atoms with Crippen LogP contribution in [0.1, 0.15) is 10.5 Å². The molecule has 4 heteroatoms. The van der Waals surface area contributed by atoms with Crippen molar-refractivity contribution in [2.24, 2.45) is 0 Å². The van der Waals surface area contributed by atoms with Crippen molar-refractivity contribution in [1.82, 2.24) is 4.98 Å². The molecule has 1 heterocycles. The zero-order valence-corrected chi connectivity index (χ0v) is 7.23. The number of H-pyrrole nitrogens is 1. The van der Waals surface area contributed by atoms with E-state index in [1.807, 2.05) is 0 Å². The Morgan fingerprint density at radius 3 is 2.85 bits per heavy atom. The van der Waals surface area contributed by atoms with Crippen molar-refractivity contribution in [3.8, 4) is 0 Å². The summed E-state index contributed by atoms with van der Waals surface area (Å²) in [6.07, 6.45) is 0. The molecule has 1 N–H and O–H groups in total. The van der Waals surface area contributed by atoms with Gasteiger partial charge in [0.05, 0.1) is 5.69 Å². The maximum atomic E-state index is 12.7. The fraction of sp³-hybridized carbons (Fsp3) is 0. The van der Waals surface area contributed by atoms with E-state index in [1.54, 1.807) is 12.1 Å². The second-order valence-corrected chi connectivity index (χ2v) is 3.03. The van der Waals surface area contributed by atoms with E-state index in [-0.39, 0.29) is 11.5 Å². The highest BCUT2D eigenvalue weighted by atomic mass is 35.5. The zero-order valence-electron chi connectivity index (χ0n) is 6.47. The first-order chi connectivity index (χ1) is 6.16. The minimum atomic E-state index is -0.573. The Bertz CT molecular complexity index is 477. The van der Waals surface area contributed by atoms with Crippen LogP contribution in [0.15, 0.2) is 24.3 Å². The van der Waals surface area contributed by atoms with Gasteiger partial charge in [0.1, 0.15) is 5.82 Å². The summed E-state index contributed by atoms with van der Waals surface area (Å²) in [6.45, 7) is 0. The maximum Gasteiger partial charge on any atom is 0.268 e. The van der Waals surface area contributed by atoms with Crippen molar-refractivity contribution < 1.29 is 9.18 Å². The Kier molecular flexibility index (Phi) is 1.81. The van der Waals surface area contributed by atoms with E-state index in [4.69, 9.17) is 11.6 Å². The van der Waals surface area contributed by atoms with E-state index >= 15 is 0 Å². The number of hydrogen-bond donors (Lipinski definition) is 1. The summed E-state index contributed by atoms with van der Waals surface area (Å²) in [6, 6.07) is 5.83. The highest BCUT2D eigenvalue weighted by Gasteiger charge is 2.06. The number of nitrogens with one attached hydrogen (secondary N) is 1. The van der Waals surface area contributed by atoms with Crippen molar-refractivity contribution >= 4 is 27.7 Å². The number of benzene rings is 1. The standard InChI is InChI=1S/C9H5ClFNO/c10-9(13)8-3-5-1-2-6(11)4-7(5)12-8/h1-4,12H. The van der Waals surface area contributed by atoms with E-state index in [1.165, 1.54) is 12.1 Å². The molecule has 2 aromatic rings. The normalized spacial score (nSPS) is 10.6. The molecule has 2 nitrogen and oxygen atoms in total. The van der Waals surface area contributed by atoms with Gasteiger partial charge in [-0.3, -0.25) is 4.79 Å². The van der Waals surface area contributed by atoms with Gasteiger partial charge >= 0.3 is 0 Å². The van der Waals surface area contributed by atoms with E-state index in [2.05, 4.69) is 4.98 Å². The van der Waals surface area contributed by atoms with Crippen molar-refractivity contribution in [2.75, 3.05) is 0 Å². The molecule has 0 atom stereocenters. The molecule has 0 unspecified atom stereocenters. The third-order valence-electron chi connectivity index (χ3n) is 1.80. The molecule has 0 fully saturated rings. The van der Waals surface area contributed by atoms with Crippen molar-refractivity contribution in [1.29, 1.82) is 0 Å². The summed E-state index contributed by atoms with van der Waals surface area (Å²) < 4.78 is 12.7. The Morgan fingerprint density at radius 2 is 2.15 bits per heavy atom. The summed E-state index contributed by atoms with van der Waals surface area (Å²) >= 11 is 5.25. The molecule has 0 aliphatic heterocycles. The van der Waals surface area contributed by atoms with Gasteiger partial charge in [0.15, 0.2) is 0 Å². The lowest BCUT2D eigenvalue weighted by molar-refractivity contribution is 0.107. The molecule has 0 spiro atoms. The first-order valence-electron chi connectivity index (χ1n) is 3.65. The minimum absolute atomic E-state index is 0.280. The highest BCUT2D eigenvalue weighted by Crippen LogP contribution is 2.17. The predicted octanol–water partition coefficient (Wildman–Crippen LogP) is 2.69. The van der Waals surface area contributed by atoms with Gasteiger partial charge in [-0.1, -0.05) is 0 Å². The summed E-state index contributed by atoms with van der Waals surface area (Å²) in [5.41, 5.74) is 0.853. The fourth-order valence-electron chi connectivity index (χ4n) is 1.21. The molecule has 2 rings (SSSR count). The van der Waals surface area contributed by atoms with Gasteiger partial charge in [-0.15, -0.1) is 0 Å². The monoisotopic (exact) mass is 197 g/mol. The Balaban J connectivity index is 2.68. The van der Waals surface area contributed by atoms with E-state index < -0.39 is 5.24 Å². The van der Waals surface area contributed by atoms with Gasteiger partial charge in [0, 0.05) is 10.9 Å². The molecule has 1 aromatic carbocycles. The van der Waals surface area contributed by atoms with Crippen LogP contribution < -0.4 is 0 Å². The number of aromatic amines is 1. The average molecular weight is 198 g/mol. The number of fused-ring (bicyclic) bond motifs is 1. The van der Waals surface area contributed by atoms with E-state index in [9.17, 15) is 9.18 Å². The molecule has 0 amide bonds. The number of hydrogen-bond acceptors (Lipinski definition) is 1. The molecule has 0 bridgehead atoms. The molecular formula is C9H5ClFNO. The number of rotatable bonds is 1. The van der Waals surface area contributed by atoms with Gasteiger partial charge in [-0.05, 0) is 35.9 Å². The lowest BCUT2D eigenvalue weighted by atomic mass is 10.2. The average Bonchev–Trinajstić information content (AvgIpc) is 2.46. The lowest BCUT2D eigenvalue weighted by Crippen LogP contribution is -1.86. The Morgan fingerprint density at radius 1 is 1.38 bits per heavy atom. The third-order valence-corrected chi connectivity index (χ3v) is 2.00. The van der Waals surface area contributed by atoms with E-state index in [0.29, 0.717) is 5.52 Å². The van der Waals surface area contributed by atoms with Crippen LogP contribution in [0.25, 0.3) is 10.9 Å². The van der Waals surface area contributed by atoms with Crippen molar-refractivity contribution in [3.63, 3.8) is 0 Å². The quantitative estimate of drug-likeness (QED) is 0.701. The van der Waals surface area contributed by atoms with Gasteiger partial charge < -0.3 is 4.98 Å². The van der Waals surface area contributed by atoms with Gasteiger partial charge in [-0.2, -0.15) is 0 Å². The van der Waals surface area contributed by atoms with Gasteiger partial charge in [-0.25, -0.2) is 4.39 Å². The molecule has 0 aliphatic rings. The van der Waals surface area contributed by atoms with Crippen LogP contribution in [0.2, 0.25) is 0 Å². The maximum absolute atomic E-state index is 12.7. The van der Waals surface area contributed by atoms with Crippen LogP contribution in [0, 0.1) is 5.82 Å². The Labute approximate surface area is 78.3 Å². The lowest BCUT2D eigenvalue weighted by Gasteiger charge is -1.87. The predicted molar refractivity (Wildman–Crippen MR) is 48.4 cm³/mol. The van der Waals surface area contributed by atoms with Crippen molar-refractivity contribution in [2.45, 2.75) is 0 Å². The smallest absolute Gasteiger partial charge is 0.268 e. The Hall–Kier alpha value is -1.35. The van der Waals surface area contributed by atoms with Crippen LogP contribution in [-0.4, -0.2) is 10.2 Å². The summed E-state index contributed by atoms with van der Waals surface area (Å²) in [7, 11) is 0. The summed E-state index contributed by atoms with van der Waals surface area (Å²) in [4.78, 5) is 13.5. The number of carbonyl (C=O) groups is 1. The van der Waals surface area contributed by atoms with Crippen LogP contribution in [0.3, 0.4) is 0 Å². The zero-order chi connectivity index (χ0) is 9.42. The first kappa shape index (κ1) is 8.26. The van der Waals surface area contributed by atoms with Crippen LogP contribution in [0.4, 0.5) is 4.39 Å². The molecule has 13 heavy (non-hydrogen) atoms. The summed E-state index contributed by atoms with van der Waals surface area (Å²) in [5, 5.41) is 0.196. The molecule has 0 aliphatic carbocycles. The number of carbonyl (C=O) groups excluding carboxylic acids is 1. The largest absolute Gasteiger partial charge is 0.351 e. The van der Waals surface area contributed by atoms with Crippen LogP contribution in [-0.2, 0) is 0 Å².